The standard InChI is InChI=1S/C17H28N2O7/c1-16(11(26-16)6-8-23-14(20)18-2)13-12(22-4)10(25-15(21)19-3)5-7-17(13)9-24-17/h10-13H,5-9H2,1-4H3,(H,18,20)(H,19,21). The van der Waals surface area contributed by atoms with Gasteiger partial charge in [0.05, 0.1) is 25.2 Å². The zero-order valence-corrected chi connectivity index (χ0v) is 15.7. The van der Waals surface area contributed by atoms with Crippen molar-refractivity contribution in [3.05, 3.63) is 0 Å². The van der Waals surface area contributed by atoms with E-state index in [9.17, 15) is 9.59 Å². The number of ether oxygens (including phenoxy) is 5. The molecule has 0 aromatic heterocycles. The molecule has 0 aromatic carbocycles. The second-order valence-electron chi connectivity index (χ2n) is 7.23. The van der Waals surface area contributed by atoms with Crippen molar-refractivity contribution >= 4 is 12.2 Å². The number of hydrogen-bond acceptors (Lipinski definition) is 7. The molecule has 3 fully saturated rings. The Morgan fingerprint density at radius 2 is 1.92 bits per heavy atom. The van der Waals surface area contributed by atoms with Gasteiger partial charge in [0.1, 0.15) is 23.4 Å². The van der Waals surface area contributed by atoms with Crippen LogP contribution in [-0.2, 0) is 23.7 Å². The maximum atomic E-state index is 11.7. The van der Waals surface area contributed by atoms with Gasteiger partial charge in [0.15, 0.2) is 0 Å². The first-order chi connectivity index (χ1) is 12.4. The first kappa shape index (κ1) is 19.2. The van der Waals surface area contributed by atoms with Gasteiger partial charge in [0.2, 0.25) is 0 Å². The van der Waals surface area contributed by atoms with Crippen molar-refractivity contribution in [1.82, 2.24) is 10.6 Å². The van der Waals surface area contributed by atoms with E-state index in [0.717, 1.165) is 6.42 Å². The highest BCUT2D eigenvalue weighted by molar-refractivity contribution is 5.67. The monoisotopic (exact) mass is 372 g/mol. The van der Waals surface area contributed by atoms with E-state index in [1.807, 2.05) is 6.92 Å². The molecule has 2 N–H and O–H groups in total. The van der Waals surface area contributed by atoms with Crippen LogP contribution in [0, 0.1) is 5.92 Å². The smallest absolute Gasteiger partial charge is 0.407 e. The van der Waals surface area contributed by atoms with E-state index >= 15 is 0 Å². The van der Waals surface area contributed by atoms with Crippen LogP contribution < -0.4 is 10.6 Å². The van der Waals surface area contributed by atoms with E-state index in [4.69, 9.17) is 23.7 Å². The minimum Gasteiger partial charge on any atom is -0.449 e. The highest BCUT2D eigenvalue weighted by Gasteiger charge is 2.72. The van der Waals surface area contributed by atoms with Crippen molar-refractivity contribution in [2.24, 2.45) is 5.92 Å². The summed E-state index contributed by atoms with van der Waals surface area (Å²) in [5, 5.41) is 4.90. The zero-order valence-electron chi connectivity index (χ0n) is 15.7. The van der Waals surface area contributed by atoms with Gasteiger partial charge < -0.3 is 34.3 Å². The minimum absolute atomic E-state index is 0.0605. The molecule has 3 rings (SSSR count). The van der Waals surface area contributed by atoms with Crippen molar-refractivity contribution in [3.8, 4) is 0 Å². The molecule has 1 saturated carbocycles. The van der Waals surface area contributed by atoms with Gasteiger partial charge in [-0.2, -0.15) is 0 Å². The SMILES string of the molecule is CNC(=O)OCCC1OC1(C)C1C(OC)C(OC(=O)NC)CCC12CO2. The molecule has 0 bridgehead atoms. The van der Waals surface area contributed by atoms with Crippen molar-refractivity contribution < 1.29 is 33.3 Å². The van der Waals surface area contributed by atoms with Gasteiger partial charge in [-0.25, -0.2) is 9.59 Å². The molecule has 2 aliphatic heterocycles. The Hall–Kier alpha value is -1.58. The number of epoxide rings is 2. The van der Waals surface area contributed by atoms with Crippen LogP contribution >= 0.6 is 0 Å². The Kier molecular flexibility index (Phi) is 5.32. The number of carbonyl (C=O) groups excluding carboxylic acids is 2. The third kappa shape index (κ3) is 3.47. The van der Waals surface area contributed by atoms with Crippen molar-refractivity contribution in [2.45, 2.75) is 55.7 Å². The van der Waals surface area contributed by atoms with Crippen LogP contribution in [0.4, 0.5) is 9.59 Å². The maximum absolute atomic E-state index is 11.7. The molecule has 26 heavy (non-hydrogen) atoms. The number of rotatable bonds is 6. The summed E-state index contributed by atoms with van der Waals surface area (Å²) in [6.07, 6.45) is 0.398. The molecule has 2 heterocycles. The van der Waals surface area contributed by atoms with Crippen molar-refractivity contribution in [3.63, 3.8) is 0 Å². The molecule has 9 heteroatoms. The Bertz CT molecular complexity index is 553. The maximum Gasteiger partial charge on any atom is 0.407 e. The lowest BCUT2D eigenvalue weighted by Gasteiger charge is -2.42. The Labute approximate surface area is 153 Å². The summed E-state index contributed by atoms with van der Waals surface area (Å²) in [4.78, 5) is 22.9. The molecule has 9 nitrogen and oxygen atoms in total. The molecule has 0 radical (unpaired) electrons. The molecule has 0 aromatic rings. The largest absolute Gasteiger partial charge is 0.449 e. The molecule has 3 aliphatic rings. The van der Waals surface area contributed by atoms with Gasteiger partial charge in [0, 0.05) is 27.6 Å². The molecular formula is C17H28N2O7. The van der Waals surface area contributed by atoms with Crippen LogP contribution in [0.3, 0.4) is 0 Å². The number of carbonyl (C=O) groups is 2. The average molecular weight is 372 g/mol. The lowest BCUT2D eigenvalue weighted by Crippen LogP contribution is -2.56. The number of methoxy groups -OCH3 is 1. The van der Waals surface area contributed by atoms with Crippen LogP contribution in [-0.4, -0.2) is 76.1 Å². The van der Waals surface area contributed by atoms with Gasteiger partial charge in [-0.3, -0.25) is 0 Å². The fourth-order valence-electron chi connectivity index (χ4n) is 4.32. The van der Waals surface area contributed by atoms with Gasteiger partial charge in [-0.15, -0.1) is 0 Å². The number of nitrogens with one attached hydrogen (secondary N) is 2. The Balaban J connectivity index is 1.67. The highest BCUT2D eigenvalue weighted by atomic mass is 16.6. The van der Waals surface area contributed by atoms with Crippen LogP contribution in [0.1, 0.15) is 26.2 Å². The summed E-state index contributed by atoms with van der Waals surface area (Å²) in [6.45, 7) is 2.96. The number of amides is 2. The Morgan fingerprint density at radius 3 is 2.50 bits per heavy atom. The quantitative estimate of drug-likeness (QED) is 0.664. The Morgan fingerprint density at radius 1 is 1.23 bits per heavy atom. The summed E-state index contributed by atoms with van der Waals surface area (Å²) in [5.41, 5.74) is -0.748. The topological polar surface area (TPSA) is 111 Å². The second kappa shape index (κ2) is 7.21. The van der Waals surface area contributed by atoms with Crippen molar-refractivity contribution in [1.29, 1.82) is 0 Å². The lowest BCUT2D eigenvalue weighted by atomic mass is 9.68. The van der Waals surface area contributed by atoms with Gasteiger partial charge >= 0.3 is 12.2 Å². The molecule has 1 spiro atoms. The molecule has 6 atom stereocenters. The molecular weight excluding hydrogens is 344 g/mol. The molecule has 2 saturated heterocycles. The third-order valence-corrected chi connectivity index (χ3v) is 5.78. The first-order valence-electron chi connectivity index (χ1n) is 8.97. The minimum atomic E-state index is -0.471. The van der Waals surface area contributed by atoms with Crippen LogP contribution in [0.5, 0.6) is 0 Å². The summed E-state index contributed by atoms with van der Waals surface area (Å²) < 4.78 is 28.2. The molecule has 6 unspecified atom stereocenters. The number of alkyl carbamates (subject to hydrolysis) is 2. The normalized spacial score (nSPS) is 40.6. The van der Waals surface area contributed by atoms with E-state index in [1.54, 1.807) is 7.11 Å². The first-order valence-corrected chi connectivity index (χ1v) is 8.97. The summed E-state index contributed by atoms with van der Waals surface area (Å²) in [7, 11) is 4.67. The summed E-state index contributed by atoms with van der Waals surface area (Å²) >= 11 is 0. The molecule has 1 aliphatic carbocycles. The number of hydrogen-bond donors (Lipinski definition) is 2. The highest BCUT2D eigenvalue weighted by Crippen LogP contribution is 2.59. The summed E-state index contributed by atoms with van der Waals surface area (Å²) in [6, 6.07) is 0. The van der Waals surface area contributed by atoms with Crippen LogP contribution in [0.15, 0.2) is 0 Å². The zero-order chi connectivity index (χ0) is 18.9. The molecule has 148 valence electrons. The van der Waals surface area contributed by atoms with E-state index in [2.05, 4.69) is 10.6 Å². The van der Waals surface area contributed by atoms with E-state index in [1.165, 1.54) is 14.1 Å². The van der Waals surface area contributed by atoms with E-state index in [0.29, 0.717) is 19.4 Å². The fraction of sp³-hybridized carbons (Fsp3) is 0.882. The lowest BCUT2D eigenvalue weighted by molar-refractivity contribution is -0.117. The van der Waals surface area contributed by atoms with Gasteiger partial charge in [-0.05, 0) is 19.8 Å². The predicted molar refractivity (Wildman–Crippen MR) is 89.8 cm³/mol. The van der Waals surface area contributed by atoms with Gasteiger partial charge in [-0.1, -0.05) is 0 Å². The van der Waals surface area contributed by atoms with Gasteiger partial charge in [0.25, 0.3) is 0 Å². The van der Waals surface area contributed by atoms with Crippen LogP contribution in [0.2, 0.25) is 0 Å². The van der Waals surface area contributed by atoms with Crippen molar-refractivity contribution in [2.75, 3.05) is 34.4 Å². The third-order valence-electron chi connectivity index (χ3n) is 5.78. The van der Waals surface area contributed by atoms with E-state index in [-0.39, 0.29) is 36.4 Å². The van der Waals surface area contributed by atoms with Crippen LogP contribution in [0.25, 0.3) is 0 Å². The molecule has 2 amide bonds. The summed E-state index contributed by atoms with van der Waals surface area (Å²) in [5.74, 6) is -0.0617. The predicted octanol–water partition coefficient (Wildman–Crippen LogP) is 0.809. The average Bonchev–Trinajstić information content (AvgIpc) is 3.54. The fourth-order valence-corrected chi connectivity index (χ4v) is 4.32. The van der Waals surface area contributed by atoms with E-state index < -0.39 is 17.8 Å². The second-order valence-corrected chi connectivity index (χ2v) is 7.23.